The Bertz CT molecular complexity index is 380. The molecule has 1 heterocycles. The summed E-state index contributed by atoms with van der Waals surface area (Å²) in [5.41, 5.74) is 6.51. The Morgan fingerprint density at radius 1 is 1.37 bits per heavy atom. The van der Waals surface area contributed by atoms with Crippen molar-refractivity contribution in [1.82, 2.24) is 0 Å². The van der Waals surface area contributed by atoms with Crippen LogP contribution in [0.25, 0.3) is 0 Å². The molecule has 1 aliphatic heterocycles. The Kier molecular flexibility index (Phi) is 5.61. The van der Waals surface area contributed by atoms with Gasteiger partial charge in [-0.15, -0.1) is 0 Å². The van der Waals surface area contributed by atoms with Crippen LogP contribution in [0.1, 0.15) is 25.7 Å². The van der Waals surface area contributed by atoms with Crippen LogP contribution in [0.2, 0.25) is 0 Å². The van der Waals surface area contributed by atoms with Crippen molar-refractivity contribution in [3.8, 4) is 0 Å². The predicted octanol–water partition coefficient (Wildman–Crippen LogP) is 2.55. The number of halogens is 1. The average Bonchev–Trinajstić information content (AvgIpc) is 2.44. The molecule has 0 amide bonds. The Balaban J connectivity index is 2.01. The summed E-state index contributed by atoms with van der Waals surface area (Å²) in [6.07, 6.45) is 4.63. The molecule has 0 bridgehead atoms. The molecule has 1 atom stereocenters. The van der Waals surface area contributed by atoms with Gasteiger partial charge in [0.2, 0.25) is 0 Å². The Labute approximate surface area is 114 Å². The molecule has 4 heteroatoms. The molecule has 0 aliphatic carbocycles. The fourth-order valence-corrected chi connectivity index (χ4v) is 2.48. The van der Waals surface area contributed by atoms with Crippen molar-refractivity contribution in [3.05, 3.63) is 30.1 Å². The molecule has 1 unspecified atom stereocenters. The maximum atomic E-state index is 13.3. The SMILES string of the molecule is NCCCN(CC1CCCCO1)c1cccc(F)c1. The van der Waals surface area contributed by atoms with Crippen LogP contribution < -0.4 is 10.6 Å². The zero-order valence-electron chi connectivity index (χ0n) is 11.4. The average molecular weight is 266 g/mol. The molecule has 2 rings (SSSR count). The van der Waals surface area contributed by atoms with Crippen LogP contribution in [0.4, 0.5) is 10.1 Å². The van der Waals surface area contributed by atoms with Crippen molar-refractivity contribution in [2.45, 2.75) is 31.8 Å². The van der Waals surface area contributed by atoms with Gasteiger partial charge < -0.3 is 15.4 Å². The molecule has 1 aliphatic rings. The molecule has 0 saturated carbocycles. The molecule has 2 N–H and O–H groups in total. The van der Waals surface area contributed by atoms with Gasteiger partial charge in [-0.25, -0.2) is 4.39 Å². The fraction of sp³-hybridized carbons (Fsp3) is 0.600. The molecular formula is C15H23FN2O. The number of nitrogens with zero attached hydrogens (tertiary/aromatic N) is 1. The summed E-state index contributed by atoms with van der Waals surface area (Å²) < 4.78 is 19.1. The Morgan fingerprint density at radius 2 is 2.26 bits per heavy atom. The molecule has 0 spiro atoms. The number of benzene rings is 1. The van der Waals surface area contributed by atoms with Crippen LogP contribution in [0, 0.1) is 5.82 Å². The second kappa shape index (κ2) is 7.46. The summed E-state index contributed by atoms with van der Waals surface area (Å²) >= 11 is 0. The van der Waals surface area contributed by atoms with E-state index in [4.69, 9.17) is 10.5 Å². The molecule has 1 aromatic rings. The molecule has 3 nitrogen and oxygen atoms in total. The lowest BCUT2D eigenvalue weighted by Crippen LogP contribution is -2.37. The molecule has 0 radical (unpaired) electrons. The fourth-order valence-electron chi connectivity index (χ4n) is 2.48. The quantitative estimate of drug-likeness (QED) is 0.860. The first-order valence-electron chi connectivity index (χ1n) is 7.12. The topological polar surface area (TPSA) is 38.5 Å². The van der Waals surface area contributed by atoms with Crippen molar-refractivity contribution in [2.75, 3.05) is 31.1 Å². The van der Waals surface area contributed by atoms with Crippen molar-refractivity contribution >= 4 is 5.69 Å². The number of ether oxygens (including phenoxy) is 1. The third kappa shape index (κ3) is 4.48. The van der Waals surface area contributed by atoms with Crippen LogP contribution in [0.5, 0.6) is 0 Å². The predicted molar refractivity (Wildman–Crippen MR) is 75.9 cm³/mol. The van der Waals surface area contributed by atoms with Crippen molar-refractivity contribution in [2.24, 2.45) is 5.73 Å². The van der Waals surface area contributed by atoms with E-state index in [0.717, 1.165) is 44.6 Å². The van der Waals surface area contributed by atoms with E-state index < -0.39 is 0 Å². The minimum absolute atomic E-state index is 0.195. The van der Waals surface area contributed by atoms with Gasteiger partial charge in [0.05, 0.1) is 6.10 Å². The van der Waals surface area contributed by atoms with Gasteiger partial charge in [0.1, 0.15) is 5.82 Å². The van der Waals surface area contributed by atoms with Crippen LogP contribution in [-0.4, -0.2) is 32.3 Å². The monoisotopic (exact) mass is 266 g/mol. The van der Waals surface area contributed by atoms with Crippen LogP contribution >= 0.6 is 0 Å². The highest BCUT2D eigenvalue weighted by Crippen LogP contribution is 2.20. The van der Waals surface area contributed by atoms with E-state index in [2.05, 4.69) is 4.90 Å². The highest BCUT2D eigenvalue weighted by atomic mass is 19.1. The van der Waals surface area contributed by atoms with Crippen molar-refractivity contribution in [3.63, 3.8) is 0 Å². The van der Waals surface area contributed by atoms with Gasteiger partial charge in [-0.1, -0.05) is 6.07 Å². The van der Waals surface area contributed by atoms with E-state index in [9.17, 15) is 4.39 Å². The van der Waals surface area contributed by atoms with Gasteiger partial charge in [0, 0.05) is 25.4 Å². The first-order valence-corrected chi connectivity index (χ1v) is 7.12. The molecule has 0 aromatic heterocycles. The van der Waals surface area contributed by atoms with Gasteiger partial charge in [-0.2, -0.15) is 0 Å². The van der Waals surface area contributed by atoms with E-state index in [1.807, 2.05) is 6.07 Å². The third-order valence-corrected chi connectivity index (χ3v) is 3.50. The maximum absolute atomic E-state index is 13.3. The molecular weight excluding hydrogens is 243 g/mol. The first-order chi connectivity index (χ1) is 9.29. The lowest BCUT2D eigenvalue weighted by Gasteiger charge is -2.31. The lowest BCUT2D eigenvalue weighted by molar-refractivity contribution is 0.0210. The van der Waals surface area contributed by atoms with E-state index in [1.165, 1.54) is 12.5 Å². The van der Waals surface area contributed by atoms with Crippen molar-refractivity contribution < 1.29 is 9.13 Å². The Morgan fingerprint density at radius 3 is 2.95 bits per heavy atom. The second-order valence-electron chi connectivity index (χ2n) is 5.06. The van der Waals surface area contributed by atoms with Crippen LogP contribution in [0.3, 0.4) is 0 Å². The summed E-state index contributed by atoms with van der Waals surface area (Å²) in [4.78, 5) is 2.19. The van der Waals surface area contributed by atoms with E-state index in [-0.39, 0.29) is 11.9 Å². The third-order valence-electron chi connectivity index (χ3n) is 3.50. The number of nitrogens with two attached hydrogens (primary N) is 1. The van der Waals surface area contributed by atoms with Crippen LogP contribution in [-0.2, 0) is 4.74 Å². The summed E-state index contributed by atoms with van der Waals surface area (Å²) in [5, 5.41) is 0. The Hall–Kier alpha value is -1.13. The van der Waals surface area contributed by atoms with E-state index >= 15 is 0 Å². The molecule has 1 saturated heterocycles. The second-order valence-corrected chi connectivity index (χ2v) is 5.06. The number of hydrogen-bond acceptors (Lipinski definition) is 3. The molecule has 1 fully saturated rings. The van der Waals surface area contributed by atoms with Gasteiger partial charge >= 0.3 is 0 Å². The minimum Gasteiger partial charge on any atom is -0.376 e. The number of hydrogen-bond donors (Lipinski definition) is 1. The summed E-state index contributed by atoms with van der Waals surface area (Å²) in [5.74, 6) is -0.195. The minimum atomic E-state index is -0.195. The summed E-state index contributed by atoms with van der Waals surface area (Å²) in [6.45, 7) is 3.17. The standard InChI is InChI=1S/C15H23FN2O/c16-13-5-3-6-14(11-13)18(9-4-8-17)12-15-7-1-2-10-19-15/h3,5-6,11,15H,1-2,4,7-10,12,17H2. The van der Waals surface area contributed by atoms with Gasteiger partial charge in [0.15, 0.2) is 0 Å². The smallest absolute Gasteiger partial charge is 0.125 e. The van der Waals surface area contributed by atoms with E-state index in [0.29, 0.717) is 6.54 Å². The number of rotatable bonds is 6. The normalized spacial score (nSPS) is 19.4. The van der Waals surface area contributed by atoms with E-state index in [1.54, 1.807) is 12.1 Å². The lowest BCUT2D eigenvalue weighted by atomic mass is 10.1. The zero-order chi connectivity index (χ0) is 13.5. The highest BCUT2D eigenvalue weighted by Gasteiger charge is 2.18. The molecule has 19 heavy (non-hydrogen) atoms. The van der Waals surface area contributed by atoms with Crippen molar-refractivity contribution in [1.29, 1.82) is 0 Å². The number of anilines is 1. The zero-order valence-corrected chi connectivity index (χ0v) is 11.4. The molecule has 106 valence electrons. The summed E-state index contributed by atoms with van der Waals surface area (Å²) in [6, 6.07) is 6.76. The van der Waals surface area contributed by atoms with Gasteiger partial charge in [0.25, 0.3) is 0 Å². The molecule has 1 aromatic carbocycles. The van der Waals surface area contributed by atoms with Crippen LogP contribution in [0.15, 0.2) is 24.3 Å². The van der Waals surface area contributed by atoms with Gasteiger partial charge in [-0.3, -0.25) is 0 Å². The maximum Gasteiger partial charge on any atom is 0.125 e. The first kappa shape index (κ1) is 14.3. The van der Waals surface area contributed by atoms with Gasteiger partial charge in [-0.05, 0) is 50.4 Å². The highest BCUT2D eigenvalue weighted by molar-refractivity contribution is 5.46. The summed E-state index contributed by atoms with van der Waals surface area (Å²) in [7, 11) is 0. The largest absolute Gasteiger partial charge is 0.376 e.